The highest BCUT2D eigenvalue weighted by molar-refractivity contribution is 6.30. The molecule has 0 fully saturated rings. The molecule has 0 bridgehead atoms. The molecule has 0 saturated heterocycles. The number of fused-ring (bicyclic) bond motifs is 1. The van der Waals surface area contributed by atoms with Gasteiger partial charge in [-0.25, -0.2) is 4.98 Å². The van der Waals surface area contributed by atoms with Crippen molar-refractivity contribution in [3.63, 3.8) is 0 Å². The number of hydrogen-bond donors (Lipinski definition) is 0. The molecule has 2 rings (SSSR count). The van der Waals surface area contributed by atoms with E-state index < -0.39 is 0 Å². The van der Waals surface area contributed by atoms with Crippen molar-refractivity contribution in [2.24, 2.45) is 0 Å². The number of hydrogen-bond acceptors (Lipinski definition) is 2. The van der Waals surface area contributed by atoms with Gasteiger partial charge in [0.05, 0.1) is 5.02 Å². The van der Waals surface area contributed by atoms with Crippen LogP contribution in [0.2, 0.25) is 5.02 Å². The van der Waals surface area contributed by atoms with Gasteiger partial charge in [0.1, 0.15) is 5.82 Å². The van der Waals surface area contributed by atoms with Crippen molar-refractivity contribution >= 4 is 23.3 Å². The summed E-state index contributed by atoms with van der Waals surface area (Å²) in [5.41, 5.74) is 1.06. The second-order valence-corrected chi connectivity index (χ2v) is 4.03. The summed E-state index contributed by atoms with van der Waals surface area (Å²) in [6.07, 6.45) is 1.58. The largest absolute Gasteiger partial charge is 0.296 e. The highest BCUT2D eigenvalue weighted by Gasteiger charge is 2.29. The minimum Gasteiger partial charge on any atom is -0.296 e. The van der Waals surface area contributed by atoms with Gasteiger partial charge in [0.15, 0.2) is 0 Å². The fraction of sp³-hybridized carbons (Fsp3) is 0.400. The van der Waals surface area contributed by atoms with Gasteiger partial charge in [-0.15, -0.1) is 0 Å². The van der Waals surface area contributed by atoms with Gasteiger partial charge < -0.3 is 0 Å². The predicted octanol–water partition coefficient (Wildman–Crippen LogP) is 2.21. The Labute approximate surface area is 87.7 Å². The average molecular weight is 211 g/mol. The van der Waals surface area contributed by atoms with Crippen molar-refractivity contribution in [1.82, 2.24) is 4.98 Å². The van der Waals surface area contributed by atoms with Crippen LogP contribution in [0.25, 0.3) is 0 Å². The maximum Gasteiger partial charge on any atom is 0.225 e. The van der Waals surface area contributed by atoms with Crippen LogP contribution in [0.1, 0.15) is 25.3 Å². The summed E-state index contributed by atoms with van der Waals surface area (Å²) in [5.74, 6) is 1.11. The summed E-state index contributed by atoms with van der Waals surface area (Å²) in [7, 11) is 0. The fourth-order valence-electron chi connectivity index (χ4n) is 1.77. The highest BCUT2D eigenvalue weighted by Crippen LogP contribution is 2.35. The number of nitrogens with zero attached hydrogens (tertiary/aromatic N) is 2. The molecule has 14 heavy (non-hydrogen) atoms. The van der Waals surface area contributed by atoms with Crippen LogP contribution >= 0.6 is 11.6 Å². The molecule has 4 heteroatoms. The molecule has 0 radical (unpaired) electrons. The monoisotopic (exact) mass is 210 g/mol. The van der Waals surface area contributed by atoms with E-state index in [-0.39, 0.29) is 5.91 Å². The van der Waals surface area contributed by atoms with Crippen LogP contribution < -0.4 is 4.90 Å². The summed E-state index contributed by atoms with van der Waals surface area (Å²) >= 11 is 5.85. The molecule has 1 aromatic heterocycles. The van der Waals surface area contributed by atoms with Gasteiger partial charge in [-0.1, -0.05) is 18.5 Å². The molecular weight excluding hydrogens is 200 g/mol. The Bertz CT molecular complexity index is 392. The van der Waals surface area contributed by atoms with Crippen LogP contribution in [0.15, 0.2) is 12.3 Å². The third kappa shape index (κ3) is 1.38. The molecule has 1 aliphatic rings. The molecule has 1 aromatic rings. The minimum atomic E-state index is 0.0328. The summed E-state index contributed by atoms with van der Waals surface area (Å²) in [6.45, 7) is 4.33. The Balaban J connectivity index is 2.49. The van der Waals surface area contributed by atoms with Crippen molar-refractivity contribution in [2.75, 3.05) is 11.4 Å². The van der Waals surface area contributed by atoms with E-state index >= 15 is 0 Å². The van der Waals surface area contributed by atoms with Gasteiger partial charge >= 0.3 is 0 Å². The SMILES string of the molecule is CC(=O)N1CC(C)c2cc(Cl)cnc21. The van der Waals surface area contributed by atoms with Gasteiger partial charge in [-0.3, -0.25) is 9.69 Å². The molecule has 0 N–H and O–H groups in total. The van der Waals surface area contributed by atoms with Crippen LogP contribution in [-0.2, 0) is 4.79 Å². The molecule has 3 nitrogen and oxygen atoms in total. The van der Waals surface area contributed by atoms with Crippen LogP contribution in [0.4, 0.5) is 5.82 Å². The van der Waals surface area contributed by atoms with E-state index in [1.807, 2.05) is 6.07 Å². The zero-order chi connectivity index (χ0) is 10.3. The van der Waals surface area contributed by atoms with E-state index in [2.05, 4.69) is 11.9 Å². The zero-order valence-corrected chi connectivity index (χ0v) is 8.88. The lowest BCUT2D eigenvalue weighted by Gasteiger charge is -2.12. The number of carbonyl (C=O) groups is 1. The smallest absolute Gasteiger partial charge is 0.225 e. The quantitative estimate of drug-likeness (QED) is 0.658. The van der Waals surface area contributed by atoms with Crippen LogP contribution in [-0.4, -0.2) is 17.4 Å². The predicted molar refractivity (Wildman–Crippen MR) is 55.7 cm³/mol. The molecular formula is C10H11ClN2O. The number of halogens is 1. The first kappa shape index (κ1) is 9.46. The molecule has 0 saturated carbocycles. The highest BCUT2D eigenvalue weighted by atomic mass is 35.5. The van der Waals surface area contributed by atoms with Crippen molar-refractivity contribution in [3.8, 4) is 0 Å². The van der Waals surface area contributed by atoms with Gasteiger partial charge in [-0.05, 0) is 6.07 Å². The van der Waals surface area contributed by atoms with Crippen LogP contribution in [0, 0.1) is 0 Å². The maximum absolute atomic E-state index is 11.3. The second-order valence-electron chi connectivity index (χ2n) is 3.60. The second kappa shape index (κ2) is 3.24. The summed E-state index contributed by atoms with van der Waals surface area (Å²) in [6, 6.07) is 1.89. The van der Waals surface area contributed by atoms with E-state index in [9.17, 15) is 4.79 Å². The Morgan fingerprint density at radius 1 is 1.71 bits per heavy atom. The Kier molecular flexibility index (Phi) is 2.19. The Hall–Kier alpha value is -1.09. The van der Waals surface area contributed by atoms with Gasteiger partial charge in [0.2, 0.25) is 5.91 Å². The lowest BCUT2D eigenvalue weighted by Crippen LogP contribution is -2.27. The standard InChI is InChI=1S/C10H11ClN2O/c1-6-5-13(7(2)14)10-9(6)3-8(11)4-12-10/h3-4,6H,5H2,1-2H3. The Morgan fingerprint density at radius 3 is 3.07 bits per heavy atom. The molecule has 0 aromatic carbocycles. The Morgan fingerprint density at radius 2 is 2.43 bits per heavy atom. The molecule has 1 unspecified atom stereocenters. The molecule has 0 aliphatic carbocycles. The number of anilines is 1. The average Bonchev–Trinajstić information content (AvgIpc) is 2.44. The van der Waals surface area contributed by atoms with Crippen molar-refractivity contribution in [2.45, 2.75) is 19.8 Å². The maximum atomic E-state index is 11.3. The van der Waals surface area contributed by atoms with Crippen molar-refractivity contribution < 1.29 is 4.79 Å². The summed E-state index contributed by atoms with van der Waals surface area (Å²) in [5, 5.41) is 0.626. The first-order valence-corrected chi connectivity index (χ1v) is 4.91. The first-order valence-electron chi connectivity index (χ1n) is 4.53. The fourth-order valence-corrected chi connectivity index (χ4v) is 1.94. The van der Waals surface area contributed by atoms with Crippen LogP contribution in [0.3, 0.4) is 0 Å². The molecule has 1 amide bonds. The van der Waals surface area contributed by atoms with Gasteiger partial charge in [0.25, 0.3) is 0 Å². The molecule has 74 valence electrons. The van der Waals surface area contributed by atoms with E-state index in [1.165, 1.54) is 0 Å². The van der Waals surface area contributed by atoms with Crippen molar-refractivity contribution in [3.05, 3.63) is 22.8 Å². The molecule has 1 aliphatic heterocycles. The van der Waals surface area contributed by atoms with E-state index in [4.69, 9.17) is 11.6 Å². The molecule has 1 atom stereocenters. The topological polar surface area (TPSA) is 33.2 Å². The lowest BCUT2D eigenvalue weighted by molar-refractivity contribution is -0.116. The van der Waals surface area contributed by atoms with E-state index in [1.54, 1.807) is 18.0 Å². The normalized spacial score (nSPS) is 19.6. The third-order valence-electron chi connectivity index (χ3n) is 2.48. The van der Waals surface area contributed by atoms with Crippen molar-refractivity contribution in [1.29, 1.82) is 0 Å². The van der Waals surface area contributed by atoms with E-state index in [0.29, 0.717) is 17.5 Å². The van der Waals surface area contributed by atoms with E-state index in [0.717, 1.165) is 11.4 Å². The third-order valence-corrected chi connectivity index (χ3v) is 2.69. The number of rotatable bonds is 0. The first-order chi connectivity index (χ1) is 6.59. The minimum absolute atomic E-state index is 0.0328. The molecule has 0 spiro atoms. The van der Waals surface area contributed by atoms with Gasteiger partial charge in [0, 0.05) is 31.1 Å². The van der Waals surface area contributed by atoms with Gasteiger partial charge in [-0.2, -0.15) is 0 Å². The summed E-state index contributed by atoms with van der Waals surface area (Å²) in [4.78, 5) is 17.2. The lowest BCUT2D eigenvalue weighted by atomic mass is 10.1. The number of amides is 1. The van der Waals surface area contributed by atoms with Crippen LogP contribution in [0.5, 0.6) is 0 Å². The number of aromatic nitrogens is 1. The zero-order valence-electron chi connectivity index (χ0n) is 8.12. The summed E-state index contributed by atoms with van der Waals surface area (Å²) < 4.78 is 0. The number of carbonyl (C=O) groups excluding carboxylic acids is 1. The molecule has 2 heterocycles. The number of pyridine rings is 1.